The van der Waals surface area contributed by atoms with E-state index in [0.717, 1.165) is 49.4 Å². The lowest BCUT2D eigenvalue weighted by Crippen LogP contribution is -1.93. The Morgan fingerprint density at radius 1 is 0.226 bits per heavy atom. The van der Waals surface area contributed by atoms with E-state index in [1.807, 2.05) is 0 Å². The second-order valence-corrected chi connectivity index (χ2v) is 16.4. The summed E-state index contributed by atoms with van der Waals surface area (Å²) in [6.07, 6.45) is 0. The first kappa shape index (κ1) is 34.6. The second-order valence-electron chi connectivity index (χ2n) is 16.4. The molecule has 0 aliphatic rings. The third-order valence-corrected chi connectivity index (χ3v) is 13.0. The molecular formula is C60H37NO. The third kappa shape index (κ3) is 5.30. The van der Waals surface area contributed by atoms with E-state index < -0.39 is 0 Å². The molecule has 0 aliphatic carbocycles. The van der Waals surface area contributed by atoms with Crippen molar-refractivity contribution in [2.45, 2.75) is 0 Å². The molecule has 0 radical (unpaired) electrons. The molecule has 0 bridgehead atoms. The van der Waals surface area contributed by atoms with Gasteiger partial charge in [-0.3, -0.25) is 0 Å². The van der Waals surface area contributed by atoms with Crippen LogP contribution in [0.5, 0.6) is 0 Å². The van der Waals surface area contributed by atoms with Gasteiger partial charge in [0.2, 0.25) is 0 Å². The molecule has 62 heavy (non-hydrogen) atoms. The van der Waals surface area contributed by atoms with Crippen molar-refractivity contribution in [1.82, 2.24) is 4.57 Å². The van der Waals surface area contributed by atoms with Gasteiger partial charge in [0.1, 0.15) is 11.2 Å². The normalized spacial score (nSPS) is 11.9. The Balaban J connectivity index is 1.07. The van der Waals surface area contributed by atoms with Gasteiger partial charge in [-0.05, 0) is 137 Å². The zero-order valence-electron chi connectivity index (χ0n) is 33.7. The van der Waals surface area contributed by atoms with Gasteiger partial charge in [-0.1, -0.05) is 164 Å². The third-order valence-electron chi connectivity index (χ3n) is 13.0. The van der Waals surface area contributed by atoms with Crippen molar-refractivity contribution in [3.63, 3.8) is 0 Å². The second kappa shape index (κ2) is 13.7. The fourth-order valence-electron chi connectivity index (χ4n) is 10.1. The average molecular weight is 788 g/mol. The van der Waals surface area contributed by atoms with Crippen LogP contribution in [0, 0.1) is 0 Å². The van der Waals surface area contributed by atoms with Gasteiger partial charge in [-0.15, -0.1) is 0 Å². The maximum absolute atomic E-state index is 6.82. The van der Waals surface area contributed by atoms with E-state index in [4.69, 9.17) is 4.42 Å². The summed E-state index contributed by atoms with van der Waals surface area (Å²) in [4.78, 5) is 0. The summed E-state index contributed by atoms with van der Waals surface area (Å²) in [5.41, 5.74) is 9.90. The molecule has 11 aromatic carbocycles. The smallest absolute Gasteiger partial charge is 0.135 e. The first-order chi connectivity index (χ1) is 30.7. The Labute approximate surface area is 357 Å². The van der Waals surface area contributed by atoms with Gasteiger partial charge in [-0.25, -0.2) is 0 Å². The van der Waals surface area contributed by atoms with Crippen LogP contribution in [0.1, 0.15) is 0 Å². The number of hydrogen-bond acceptors (Lipinski definition) is 1. The molecular weight excluding hydrogens is 751 g/mol. The molecule has 0 atom stereocenters. The number of aromatic nitrogens is 1. The predicted octanol–water partition coefficient (Wildman–Crippen LogP) is 16.9. The van der Waals surface area contributed by atoms with Crippen LogP contribution in [0.25, 0.3) is 126 Å². The largest absolute Gasteiger partial charge is 0.456 e. The van der Waals surface area contributed by atoms with E-state index in [-0.39, 0.29) is 0 Å². The van der Waals surface area contributed by atoms with Crippen LogP contribution in [-0.4, -0.2) is 4.57 Å². The van der Waals surface area contributed by atoms with Crippen molar-refractivity contribution < 1.29 is 4.42 Å². The Morgan fingerprint density at radius 2 is 0.629 bits per heavy atom. The van der Waals surface area contributed by atoms with E-state index in [1.165, 1.54) is 76.1 Å². The van der Waals surface area contributed by atoms with Crippen LogP contribution in [0.15, 0.2) is 229 Å². The van der Waals surface area contributed by atoms with Crippen molar-refractivity contribution in [3.05, 3.63) is 224 Å². The summed E-state index contributed by atoms with van der Waals surface area (Å²) in [6.45, 7) is 0. The summed E-state index contributed by atoms with van der Waals surface area (Å²) >= 11 is 0. The van der Waals surface area contributed by atoms with E-state index in [1.54, 1.807) is 0 Å². The Hall–Kier alpha value is -8.20. The van der Waals surface area contributed by atoms with Crippen molar-refractivity contribution >= 4 is 97.6 Å². The fraction of sp³-hybridized carbons (Fsp3) is 0. The van der Waals surface area contributed by atoms with E-state index >= 15 is 0 Å². The molecule has 13 aromatic rings. The van der Waals surface area contributed by atoms with Crippen LogP contribution in [0.2, 0.25) is 0 Å². The lowest BCUT2D eigenvalue weighted by molar-refractivity contribution is 0.663. The highest BCUT2D eigenvalue weighted by Crippen LogP contribution is 2.42. The quantitative estimate of drug-likeness (QED) is 0.163. The maximum atomic E-state index is 6.82. The number of rotatable bonds is 3. The van der Waals surface area contributed by atoms with Crippen molar-refractivity contribution in [2.24, 2.45) is 0 Å². The molecule has 0 saturated heterocycles. The van der Waals surface area contributed by atoms with Crippen molar-refractivity contribution in [2.75, 3.05) is 0 Å². The van der Waals surface area contributed by atoms with Crippen LogP contribution >= 0.6 is 0 Å². The number of hydrogen-bond donors (Lipinski definition) is 0. The SMILES string of the molecule is c1ccc(-n2c3ccc(-c4cccc(-c5ccc6c7ccccc7c7ccccc7c6c5)c4)cc3c3cc4c(cc32)c2ccccc2oc2ccccc2c2ccccc24)cc1. The molecule has 13 rings (SSSR count). The Kier molecular flexibility index (Phi) is 7.64. The summed E-state index contributed by atoms with van der Waals surface area (Å²) in [5.74, 6) is 0. The van der Waals surface area contributed by atoms with Gasteiger partial charge in [-0.2, -0.15) is 0 Å². The minimum atomic E-state index is 0.839. The van der Waals surface area contributed by atoms with E-state index in [2.05, 4.69) is 229 Å². The van der Waals surface area contributed by atoms with E-state index in [0.29, 0.717) is 0 Å². The maximum Gasteiger partial charge on any atom is 0.135 e. The van der Waals surface area contributed by atoms with Gasteiger partial charge in [0.05, 0.1) is 11.0 Å². The molecule has 2 heteroatoms. The average Bonchev–Trinajstić information content (AvgIpc) is 3.68. The monoisotopic (exact) mass is 787 g/mol. The molecule has 0 spiro atoms. The summed E-state index contributed by atoms with van der Waals surface area (Å²) < 4.78 is 9.24. The number of nitrogens with zero attached hydrogens (tertiary/aromatic N) is 1. The number of fused-ring (bicyclic) bond motifs is 16. The first-order valence-corrected chi connectivity index (χ1v) is 21.3. The van der Waals surface area contributed by atoms with Crippen LogP contribution in [0.3, 0.4) is 0 Å². The standard InChI is InChI=1S/C60H37NO/c1-2-17-42(18-3-1)61-57-32-30-41(39-16-14-15-38(33-39)40-29-31-49-45-21-5-4-19-43(45)44-20-6-8-23-47(44)52(49)34-40)35-55(57)56-36-53-48-24-9-7-22-46(48)50-25-10-12-27-59(50)62-60-28-13-11-26-51(60)54(53)37-58(56)61/h1-37H. The number of para-hydroxylation sites is 3. The molecule has 0 fully saturated rings. The molecule has 0 aliphatic heterocycles. The molecule has 2 aromatic heterocycles. The fourth-order valence-corrected chi connectivity index (χ4v) is 10.1. The molecule has 288 valence electrons. The predicted molar refractivity (Wildman–Crippen MR) is 264 cm³/mol. The molecule has 0 unspecified atom stereocenters. The highest BCUT2D eigenvalue weighted by molar-refractivity contribution is 6.26. The topological polar surface area (TPSA) is 18.1 Å². The van der Waals surface area contributed by atoms with Crippen molar-refractivity contribution in [1.29, 1.82) is 0 Å². The summed E-state index contributed by atoms with van der Waals surface area (Å²) in [5, 5.41) is 16.9. The van der Waals surface area contributed by atoms with Crippen molar-refractivity contribution in [3.8, 4) is 27.9 Å². The lowest BCUT2D eigenvalue weighted by Gasteiger charge is -2.13. The Morgan fingerprint density at radius 3 is 1.24 bits per heavy atom. The number of benzene rings is 11. The molecule has 0 N–H and O–H groups in total. The van der Waals surface area contributed by atoms with Crippen LogP contribution in [0.4, 0.5) is 0 Å². The summed E-state index contributed by atoms with van der Waals surface area (Å²) in [6, 6.07) is 81.8. The van der Waals surface area contributed by atoms with Crippen LogP contribution < -0.4 is 0 Å². The molecule has 0 amide bonds. The van der Waals surface area contributed by atoms with E-state index in [9.17, 15) is 0 Å². The van der Waals surface area contributed by atoms with Gasteiger partial charge in [0, 0.05) is 27.2 Å². The lowest BCUT2D eigenvalue weighted by atomic mass is 9.91. The molecule has 2 heterocycles. The van der Waals surface area contributed by atoms with Gasteiger partial charge < -0.3 is 8.98 Å². The van der Waals surface area contributed by atoms with Gasteiger partial charge in [0.15, 0.2) is 0 Å². The zero-order valence-corrected chi connectivity index (χ0v) is 33.7. The first-order valence-electron chi connectivity index (χ1n) is 21.3. The summed E-state index contributed by atoms with van der Waals surface area (Å²) in [7, 11) is 0. The Bertz CT molecular complexity index is 4000. The highest BCUT2D eigenvalue weighted by atomic mass is 16.3. The van der Waals surface area contributed by atoms with Gasteiger partial charge >= 0.3 is 0 Å². The minimum absolute atomic E-state index is 0.839. The van der Waals surface area contributed by atoms with Gasteiger partial charge in [0.25, 0.3) is 0 Å². The highest BCUT2D eigenvalue weighted by Gasteiger charge is 2.17. The zero-order chi connectivity index (χ0) is 40.7. The molecule has 2 nitrogen and oxygen atoms in total. The molecule has 0 saturated carbocycles. The van der Waals surface area contributed by atoms with Crippen LogP contribution in [-0.2, 0) is 0 Å². The minimum Gasteiger partial charge on any atom is -0.456 e.